The number of benzene rings is 6. The van der Waals surface area contributed by atoms with Crippen LogP contribution in [0.1, 0.15) is 11.1 Å². The summed E-state index contributed by atoms with van der Waals surface area (Å²) < 4.78 is 38.3. The Morgan fingerprint density at radius 1 is 0.447 bits per heavy atom. The van der Waals surface area contributed by atoms with E-state index in [1.165, 1.54) is 24.3 Å². The Balaban J connectivity index is 1.05. The van der Waals surface area contributed by atoms with Gasteiger partial charge in [-0.2, -0.15) is 0 Å². The summed E-state index contributed by atoms with van der Waals surface area (Å²) in [5, 5.41) is 19.8. The molecule has 9 heteroatoms. The van der Waals surface area contributed by atoms with Gasteiger partial charge in [0.15, 0.2) is 0 Å². The highest BCUT2D eigenvalue weighted by atomic mass is 32.2. The highest BCUT2D eigenvalue weighted by molar-refractivity contribution is 7.91. The normalized spacial score (nSPS) is 11.6. The predicted molar refractivity (Wildman–Crippen MR) is 182 cm³/mol. The molecule has 0 saturated heterocycles. The van der Waals surface area contributed by atoms with Crippen LogP contribution in [0, 0.1) is 0 Å². The van der Waals surface area contributed by atoms with Gasteiger partial charge < -0.3 is 19.7 Å². The van der Waals surface area contributed by atoms with Crippen LogP contribution in [0.5, 0.6) is 34.5 Å². The van der Waals surface area contributed by atoms with Crippen molar-refractivity contribution in [3.8, 4) is 34.5 Å². The second-order valence-corrected chi connectivity index (χ2v) is 12.2. The van der Waals surface area contributed by atoms with Crippen LogP contribution < -0.4 is 9.47 Å². The van der Waals surface area contributed by atoms with E-state index >= 15 is 0 Å². The highest BCUT2D eigenvalue weighted by Gasteiger charge is 2.18. The zero-order chi connectivity index (χ0) is 32.6. The Kier molecular flexibility index (Phi) is 9.08. The summed E-state index contributed by atoms with van der Waals surface area (Å²) in [6, 6.07) is 40.4. The molecule has 0 aliphatic carbocycles. The number of phenolic OH excluding ortho intramolecular Hbond substituents is 2. The number of rotatable bonds is 10. The molecule has 0 radical (unpaired) electrons. The van der Waals surface area contributed by atoms with Crippen molar-refractivity contribution in [3.63, 3.8) is 0 Å². The van der Waals surface area contributed by atoms with Gasteiger partial charge in [-0.3, -0.25) is 9.98 Å². The summed E-state index contributed by atoms with van der Waals surface area (Å²) in [6.07, 6.45) is 3.17. The zero-order valence-corrected chi connectivity index (χ0v) is 25.7. The Morgan fingerprint density at radius 2 is 0.766 bits per heavy atom. The Morgan fingerprint density at radius 3 is 1.11 bits per heavy atom. The van der Waals surface area contributed by atoms with Crippen LogP contribution in [-0.4, -0.2) is 31.1 Å². The lowest BCUT2D eigenvalue weighted by atomic mass is 10.2. The fraction of sp³-hybridized carbons (Fsp3) is 0. The van der Waals surface area contributed by atoms with Crippen LogP contribution in [0.25, 0.3) is 0 Å². The number of sulfone groups is 1. The molecular formula is C38H28N2O6S. The molecule has 6 aromatic rings. The zero-order valence-electron chi connectivity index (χ0n) is 24.8. The SMILES string of the molecule is O=S(=O)(c1ccc(Oc2ccc(N=Cc3ccccc3O)cc2)cc1)c1ccc(Oc2ccc(N=Cc3ccccc3O)cc2)cc1. The van der Waals surface area contributed by atoms with Gasteiger partial charge in [-0.15, -0.1) is 0 Å². The second-order valence-electron chi connectivity index (χ2n) is 10.3. The molecule has 6 rings (SSSR count). The second kappa shape index (κ2) is 13.8. The molecule has 2 N–H and O–H groups in total. The number of nitrogens with zero attached hydrogens (tertiary/aromatic N) is 2. The molecule has 0 aromatic heterocycles. The third-order valence-electron chi connectivity index (χ3n) is 6.99. The molecule has 0 aliphatic heterocycles. The maximum atomic E-state index is 13.3. The van der Waals surface area contributed by atoms with E-state index in [0.717, 1.165) is 0 Å². The molecule has 0 spiro atoms. The van der Waals surface area contributed by atoms with Gasteiger partial charge in [-0.05, 0) is 121 Å². The Labute approximate surface area is 272 Å². The van der Waals surface area contributed by atoms with Crippen molar-refractivity contribution >= 4 is 33.6 Å². The number of phenols is 2. The van der Waals surface area contributed by atoms with Crippen LogP contribution in [0.3, 0.4) is 0 Å². The topological polar surface area (TPSA) is 118 Å². The van der Waals surface area contributed by atoms with Gasteiger partial charge in [0, 0.05) is 23.6 Å². The summed E-state index contributed by atoms with van der Waals surface area (Å²) in [5.41, 5.74) is 2.60. The van der Waals surface area contributed by atoms with Crippen molar-refractivity contribution < 1.29 is 28.1 Å². The molecule has 0 fully saturated rings. The third kappa shape index (κ3) is 7.73. The van der Waals surface area contributed by atoms with Gasteiger partial charge >= 0.3 is 0 Å². The maximum absolute atomic E-state index is 13.3. The summed E-state index contributed by atoms with van der Waals surface area (Å²) in [7, 11) is -3.77. The van der Waals surface area contributed by atoms with Gasteiger partial charge in [0.25, 0.3) is 0 Å². The first-order chi connectivity index (χ1) is 22.8. The molecule has 0 heterocycles. The lowest BCUT2D eigenvalue weighted by Gasteiger charge is -2.09. The number of aromatic hydroxyl groups is 2. The van der Waals surface area contributed by atoms with E-state index in [4.69, 9.17) is 9.47 Å². The van der Waals surface area contributed by atoms with Crippen molar-refractivity contribution in [2.24, 2.45) is 9.98 Å². The van der Waals surface area contributed by atoms with Crippen molar-refractivity contribution in [2.45, 2.75) is 9.79 Å². The van der Waals surface area contributed by atoms with Crippen LogP contribution in [0.15, 0.2) is 165 Å². The minimum Gasteiger partial charge on any atom is -0.507 e. The van der Waals surface area contributed by atoms with Gasteiger partial charge in [0.2, 0.25) is 9.84 Å². The number of aliphatic imine (C=N–C) groups is 2. The van der Waals surface area contributed by atoms with Crippen molar-refractivity contribution in [3.05, 3.63) is 157 Å². The van der Waals surface area contributed by atoms with Crippen molar-refractivity contribution in [1.82, 2.24) is 0 Å². The van der Waals surface area contributed by atoms with Gasteiger partial charge in [0.1, 0.15) is 34.5 Å². The number of ether oxygens (including phenoxy) is 2. The first kappa shape index (κ1) is 30.8. The molecule has 0 unspecified atom stereocenters. The molecular weight excluding hydrogens is 612 g/mol. The van der Waals surface area contributed by atoms with E-state index in [9.17, 15) is 18.6 Å². The van der Waals surface area contributed by atoms with Crippen LogP contribution in [-0.2, 0) is 9.84 Å². The summed E-state index contributed by atoms with van der Waals surface area (Å²) in [4.78, 5) is 9.01. The fourth-order valence-corrected chi connectivity index (χ4v) is 5.72. The van der Waals surface area contributed by atoms with Gasteiger partial charge in [0.05, 0.1) is 21.2 Å². The van der Waals surface area contributed by atoms with Gasteiger partial charge in [-0.1, -0.05) is 24.3 Å². The molecule has 0 bridgehead atoms. The number of hydrogen-bond acceptors (Lipinski definition) is 8. The van der Waals surface area contributed by atoms with Crippen LogP contribution in [0.2, 0.25) is 0 Å². The smallest absolute Gasteiger partial charge is 0.206 e. The Hall–Kier alpha value is -6.19. The van der Waals surface area contributed by atoms with Crippen LogP contribution in [0.4, 0.5) is 11.4 Å². The third-order valence-corrected chi connectivity index (χ3v) is 8.78. The first-order valence-corrected chi connectivity index (χ1v) is 16.0. The first-order valence-electron chi connectivity index (χ1n) is 14.5. The maximum Gasteiger partial charge on any atom is 0.206 e. The average Bonchev–Trinajstić information content (AvgIpc) is 3.09. The molecule has 47 heavy (non-hydrogen) atoms. The average molecular weight is 641 g/mol. The lowest BCUT2D eigenvalue weighted by molar-refractivity contribution is 0.474. The molecule has 6 aromatic carbocycles. The molecule has 232 valence electrons. The highest BCUT2D eigenvalue weighted by Crippen LogP contribution is 2.30. The van der Waals surface area contributed by atoms with Crippen molar-refractivity contribution in [1.29, 1.82) is 0 Å². The molecule has 0 atom stereocenters. The minimum absolute atomic E-state index is 0.132. The molecule has 0 aliphatic rings. The summed E-state index contributed by atoms with van der Waals surface area (Å²) in [5.74, 6) is 2.39. The summed E-state index contributed by atoms with van der Waals surface area (Å²) in [6.45, 7) is 0. The molecule has 0 amide bonds. The van der Waals surface area contributed by atoms with E-state index in [-0.39, 0.29) is 21.3 Å². The van der Waals surface area contributed by atoms with Crippen molar-refractivity contribution in [2.75, 3.05) is 0 Å². The van der Waals surface area contributed by atoms with E-state index < -0.39 is 9.84 Å². The minimum atomic E-state index is -3.77. The molecule has 0 saturated carbocycles. The Bertz CT molecular complexity index is 1990. The number of para-hydroxylation sites is 2. The standard InChI is InChI=1S/C38H28N2O6S/c41-37-7-3-1-5-27(37)25-39-29-9-13-31(14-10-29)45-33-17-21-35(22-18-33)47(43,44)36-23-19-34(20-24-36)46-32-15-11-30(12-16-32)40-26-28-6-2-4-8-38(28)42/h1-26,41-42H. The number of hydrogen-bond donors (Lipinski definition) is 2. The lowest BCUT2D eigenvalue weighted by Crippen LogP contribution is -2.01. The fourth-order valence-electron chi connectivity index (χ4n) is 4.46. The van der Waals surface area contributed by atoms with Gasteiger partial charge in [-0.25, -0.2) is 8.42 Å². The van der Waals surface area contributed by atoms with E-state index in [1.807, 2.05) is 12.1 Å². The quantitative estimate of drug-likeness (QED) is 0.144. The van der Waals surface area contributed by atoms with E-state index in [2.05, 4.69) is 9.98 Å². The van der Waals surface area contributed by atoms with E-state index in [0.29, 0.717) is 45.5 Å². The van der Waals surface area contributed by atoms with E-state index in [1.54, 1.807) is 122 Å². The largest absolute Gasteiger partial charge is 0.507 e. The monoisotopic (exact) mass is 640 g/mol. The van der Waals surface area contributed by atoms with Crippen LogP contribution >= 0.6 is 0 Å². The molecule has 8 nitrogen and oxygen atoms in total. The predicted octanol–water partition coefficient (Wildman–Crippen LogP) is 9.02. The summed E-state index contributed by atoms with van der Waals surface area (Å²) >= 11 is 0.